The van der Waals surface area contributed by atoms with E-state index in [1.54, 1.807) is 0 Å². The SMILES string of the molecule is CN=C(NCc1ccc(C#N)cc1)N1CCN(c2ccccc2Cl)CC1. The normalized spacial score (nSPS) is 14.9. The lowest BCUT2D eigenvalue weighted by Gasteiger charge is -2.38. The number of halogens is 1. The summed E-state index contributed by atoms with van der Waals surface area (Å²) in [6.45, 7) is 4.27. The molecule has 1 saturated heterocycles. The minimum Gasteiger partial charge on any atom is -0.367 e. The number of hydrogen-bond acceptors (Lipinski definition) is 3. The van der Waals surface area contributed by atoms with Crippen LogP contribution >= 0.6 is 11.6 Å². The number of rotatable bonds is 3. The van der Waals surface area contributed by atoms with Gasteiger partial charge in [0.15, 0.2) is 5.96 Å². The largest absolute Gasteiger partial charge is 0.367 e. The molecule has 5 nitrogen and oxygen atoms in total. The maximum Gasteiger partial charge on any atom is 0.194 e. The molecule has 1 aliphatic heterocycles. The van der Waals surface area contributed by atoms with Crippen molar-refractivity contribution in [3.8, 4) is 6.07 Å². The van der Waals surface area contributed by atoms with E-state index in [0.29, 0.717) is 12.1 Å². The van der Waals surface area contributed by atoms with Crippen molar-refractivity contribution in [2.75, 3.05) is 38.1 Å². The number of guanidine groups is 1. The molecule has 1 aliphatic rings. The highest BCUT2D eigenvalue weighted by Gasteiger charge is 2.20. The molecule has 1 N–H and O–H groups in total. The number of piperazine rings is 1. The first kappa shape index (κ1) is 18.1. The van der Waals surface area contributed by atoms with E-state index in [1.807, 2.05) is 49.5 Å². The van der Waals surface area contributed by atoms with Gasteiger partial charge in [-0.2, -0.15) is 5.26 Å². The molecule has 1 heterocycles. The van der Waals surface area contributed by atoms with Crippen molar-refractivity contribution in [3.63, 3.8) is 0 Å². The van der Waals surface area contributed by atoms with Crippen LogP contribution in [0.5, 0.6) is 0 Å². The number of nitrogens with zero attached hydrogens (tertiary/aromatic N) is 4. The predicted molar refractivity (Wildman–Crippen MR) is 107 cm³/mol. The van der Waals surface area contributed by atoms with Gasteiger partial charge in [-0.1, -0.05) is 35.9 Å². The number of para-hydroxylation sites is 1. The van der Waals surface area contributed by atoms with Crippen molar-refractivity contribution in [3.05, 3.63) is 64.7 Å². The van der Waals surface area contributed by atoms with E-state index >= 15 is 0 Å². The third kappa shape index (κ3) is 4.27. The van der Waals surface area contributed by atoms with Crippen LogP contribution in [0.2, 0.25) is 5.02 Å². The van der Waals surface area contributed by atoms with Gasteiger partial charge >= 0.3 is 0 Å². The number of benzene rings is 2. The molecule has 0 unspecified atom stereocenters. The molecule has 0 aliphatic carbocycles. The van der Waals surface area contributed by atoms with Crippen LogP contribution in [0.25, 0.3) is 0 Å². The van der Waals surface area contributed by atoms with Gasteiger partial charge in [0.1, 0.15) is 0 Å². The van der Waals surface area contributed by atoms with Crippen LogP contribution in [-0.4, -0.2) is 44.1 Å². The summed E-state index contributed by atoms with van der Waals surface area (Å²) in [7, 11) is 1.81. The quantitative estimate of drug-likeness (QED) is 0.669. The van der Waals surface area contributed by atoms with E-state index in [4.69, 9.17) is 16.9 Å². The molecule has 0 saturated carbocycles. The fourth-order valence-corrected chi connectivity index (χ4v) is 3.33. The smallest absolute Gasteiger partial charge is 0.194 e. The van der Waals surface area contributed by atoms with Crippen LogP contribution in [0, 0.1) is 11.3 Å². The Morgan fingerprint density at radius 2 is 1.81 bits per heavy atom. The number of nitrogens with one attached hydrogen (secondary N) is 1. The molecule has 0 radical (unpaired) electrons. The molecule has 0 aromatic heterocycles. The van der Waals surface area contributed by atoms with E-state index < -0.39 is 0 Å². The number of anilines is 1. The van der Waals surface area contributed by atoms with Gasteiger partial charge in [-0.05, 0) is 29.8 Å². The zero-order valence-corrected chi connectivity index (χ0v) is 15.6. The maximum absolute atomic E-state index is 8.87. The molecule has 1 fully saturated rings. The Hall–Kier alpha value is -2.71. The molecular weight excluding hydrogens is 346 g/mol. The van der Waals surface area contributed by atoms with Crippen molar-refractivity contribution in [1.29, 1.82) is 5.26 Å². The lowest BCUT2D eigenvalue weighted by molar-refractivity contribution is 0.372. The summed E-state index contributed by atoms with van der Waals surface area (Å²) >= 11 is 6.31. The molecule has 2 aromatic rings. The summed E-state index contributed by atoms with van der Waals surface area (Å²) < 4.78 is 0. The topological polar surface area (TPSA) is 54.7 Å². The molecule has 3 rings (SSSR count). The number of nitriles is 1. The van der Waals surface area contributed by atoms with Crippen LogP contribution in [0.15, 0.2) is 53.5 Å². The Bertz CT molecular complexity index is 802. The Balaban J connectivity index is 1.55. The van der Waals surface area contributed by atoms with Gasteiger partial charge < -0.3 is 15.1 Å². The van der Waals surface area contributed by atoms with Gasteiger partial charge in [-0.3, -0.25) is 4.99 Å². The highest BCUT2D eigenvalue weighted by Crippen LogP contribution is 2.26. The van der Waals surface area contributed by atoms with E-state index in [0.717, 1.165) is 48.4 Å². The molecule has 2 aromatic carbocycles. The second-order valence-corrected chi connectivity index (χ2v) is 6.54. The molecule has 0 amide bonds. The summed E-state index contributed by atoms with van der Waals surface area (Å²) in [5.74, 6) is 0.896. The van der Waals surface area contributed by atoms with Gasteiger partial charge in [0.25, 0.3) is 0 Å². The fraction of sp³-hybridized carbons (Fsp3) is 0.300. The van der Waals surface area contributed by atoms with Crippen molar-refractivity contribution >= 4 is 23.2 Å². The first-order valence-electron chi connectivity index (χ1n) is 8.65. The van der Waals surface area contributed by atoms with Crippen molar-refractivity contribution in [2.45, 2.75) is 6.54 Å². The van der Waals surface area contributed by atoms with Crippen LogP contribution in [0.3, 0.4) is 0 Å². The molecule has 0 atom stereocenters. The summed E-state index contributed by atoms with van der Waals surface area (Å²) in [6, 6.07) is 17.7. The Morgan fingerprint density at radius 1 is 1.12 bits per heavy atom. The Labute approximate surface area is 159 Å². The number of aliphatic imine (C=N–C) groups is 1. The summed E-state index contributed by atoms with van der Waals surface area (Å²) in [5, 5.41) is 13.1. The zero-order chi connectivity index (χ0) is 18.4. The lowest BCUT2D eigenvalue weighted by atomic mass is 10.1. The lowest BCUT2D eigenvalue weighted by Crippen LogP contribution is -2.52. The highest BCUT2D eigenvalue weighted by atomic mass is 35.5. The van der Waals surface area contributed by atoms with Gasteiger partial charge in [-0.15, -0.1) is 0 Å². The molecule has 6 heteroatoms. The van der Waals surface area contributed by atoms with Crippen molar-refractivity contribution in [1.82, 2.24) is 10.2 Å². The van der Waals surface area contributed by atoms with Gasteiger partial charge in [-0.25, -0.2) is 0 Å². The fourth-order valence-electron chi connectivity index (χ4n) is 3.08. The third-order valence-corrected chi connectivity index (χ3v) is 4.84. The average molecular weight is 368 g/mol. The average Bonchev–Trinajstić information content (AvgIpc) is 2.70. The molecule has 134 valence electrons. The molecule has 26 heavy (non-hydrogen) atoms. The van der Waals surface area contributed by atoms with E-state index in [2.05, 4.69) is 32.2 Å². The van der Waals surface area contributed by atoms with Gasteiger partial charge in [0.05, 0.1) is 22.3 Å². The van der Waals surface area contributed by atoms with Crippen LogP contribution in [-0.2, 0) is 6.54 Å². The number of hydrogen-bond donors (Lipinski definition) is 1. The zero-order valence-electron chi connectivity index (χ0n) is 14.8. The van der Waals surface area contributed by atoms with Gasteiger partial charge in [0, 0.05) is 39.8 Å². The van der Waals surface area contributed by atoms with E-state index in [-0.39, 0.29) is 0 Å². The summed E-state index contributed by atoms with van der Waals surface area (Å²) in [4.78, 5) is 8.98. The van der Waals surface area contributed by atoms with E-state index in [1.165, 1.54) is 0 Å². The first-order valence-corrected chi connectivity index (χ1v) is 9.03. The first-order chi connectivity index (χ1) is 12.7. The van der Waals surface area contributed by atoms with Crippen LogP contribution in [0.1, 0.15) is 11.1 Å². The summed E-state index contributed by atoms with van der Waals surface area (Å²) in [5.41, 5.74) is 2.89. The second kappa shape index (κ2) is 8.59. The minimum atomic E-state index is 0.675. The Kier molecular flexibility index (Phi) is 5.98. The molecule has 0 bridgehead atoms. The van der Waals surface area contributed by atoms with Crippen LogP contribution in [0.4, 0.5) is 5.69 Å². The third-order valence-electron chi connectivity index (χ3n) is 4.52. The van der Waals surface area contributed by atoms with Crippen LogP contribution < -0.4 is 10.2 Å². The van der Waals surface area contributed by atoms with Crippen molar-refractivity contribution in [2.24, 2.45) is 4.99 Å². The highest BCUT2D eigenvalue weighted by molar-refractivity contribution is 6.33. The van der Waals surface area contributed by atoms with Gasteiger partial charge in [0.2, 0.25) is 0 Å². The molecular formula is C20H22ClN5. The standard InChI is InChI=1S/C20H22ClN5/c1-23-20(24-15-17-8-6-16(14-22)7-9-17)26-12-10-25(11-13-26)19-5-3-2-4-18(19)21/h2-9H,10-13,15H2,1H3,(H,23,24). The Morgan fingerprint density at radius 3 is 2.42 bits per heavy atom. The van der Waals surface area contributed by atoms with E-state index in [9.17, 15) is 0 Å². The summed E-state index contributed by atoms with van der Waals surface area (Å²) in [6.07, 6.45) is 0. The second-order valence-electron chi connectivity index (χ2n) is 6.14. The van der Waals surface area contributed by atoms with Crippen molar-refractivity contribution < 1.29 is 0 Å². The minimum absolute atomic E-state index is 0.675. The molecule has 0 spiro atoms. The maximum atomic E-state index is 8.87. The monoisotopic (exact) mass is 367 g/mol. The predicted octanol–water partition coefficient (Wildman–Crippen LogP) is 3.11.